The summed E-state index contributed by atoms with van der Waals surface area (Å²) in [5.41, 5.74) is 3.64. The number of rotatable bonds is 6. The Morgan fingerprint density at radius 1 is 1.21 bits per heavy atom. The van der Waals surface area contributed by atoms with Gasteiger partial charge in [0.1, 0.15) is 11.6 Å². The summed E-state index contributed by atoms with van der Waals surface area (Å²) in [4.78, 5) is 27.1. The minimum absolute atomic E-state index is 0.0239. The third-order valence-corrected chi connectivity index (χ3v) is 5.30. The number of carbonyl (C=O) groups excluding carboxylic acids is 1. The fourth-order valence-electron chi connectivity index (χ4n) is 2.73. The fourth-order valence-corrected chi connectivity index (χ4v) is 3.54. The number of thiazole rings is 1. The van der Waals surface area contributed by atoms with Crippen LogP contribution in [0.4, 0.5) is 5.69 Å². The first-order valence-electron chi connectivity index (χ1n) is 8.82. The molecule has 3 aromatic rings. The van der Waals surface area contributed by atoms with E-state index in [9.17, 15) is 14.9 Å². The first-order valence-corrected chi connectivity index (χ1v) is 9.70. The summed E-state index contributed by atoms with van der Waals surface area (Å²) in [5.74, 6) is -0.0581. The zero-order valence-corrected chi connectivity index (χ0v) is 16.7. The average Bonchev–Trinajstić information content (AvgIpc) is 3.14. The van der Waals surface area contributed by atoms with E-state index in [1.54, 1.807) is 6.92 Å². The van der Waals surface area contributed by atoms with Crippen molar-refractivity contribution in [3.63, 3.8) is 0 Å². The molecule has 0 atom stereocenters. The van der Waals surface area contributed by atoms with Crippen molar-refractivity contribution >= 4 is 23.0 Å². The van der Waals surface area contributed by atoms with E-state index >= 15 is 0 Å². The number of esters is 1. The van der Waals surface area contributed by atoms with E-state index in [1.165, 1.54) is 35.1 Å². The molecule has 0 saturated carbocycles. The molecule has 0 N–H and O–H groups in total. The maximum atomic E-state index is 12.2. The summed E-state index contributed by atoms with van der Waals surface area (Å²) in [6.45, 7) is 5.94. The monoisotopic (exact) mass is 396 g/mol. The van der Waals surface area contributed by atoms with Crippen LogP contribution in [0.5, 0.6) is 0 Å². The van der Waals surface area contributed by atoms with Crippen LogP contribution in [-0.2, 0) is 11.3 Å². The maximum absolute atomic E-state index is 12.2. The smallest absolute Gasteiger partial charge is 0.338 e. The number of aromatic nitrogens is 1. The van der Waals surface area contributed by atoms with Crippen LogP contribution in [0.25, 0.3) is 10.6 Å². The van der Waals surface area contributed by atoms with Gasteiger partial charge in [-0.1, -0.05) is 38.1 Å². The number of hydrogen-bond acceptors (Lipinski definition) is 6. The second-order valence-corrected chi connectivity index (χ2v) is 7.61. The predicted octanol–water partition coefficient (Wildman–Crippen LogP) is 5.51. The van der Waals surface area contributed by atoms with Crippen LogP contribution in [0, 0.1) is 17.0 Å². The highest BCUT2D eigenvalue weighted by molar-refractivity contribution is 7.13. The number of nitro groups is 1. The molecule has 144 valence electrons. The highest BCUT2D eigenvalue weighted by Gasteiger charge is 2.15. The molecule has 2 aromatic carbocycles. The first kappa shape index (κ1) is 19.7. The van der Waals surface area contributed by atoms with Crippen LogP contribution in [0.1, 0.15) is 46.9 Å². The highest BCUT2D eigenvalue weighted by Crippen LogP contribution is 2.26. The SMILES string of the molecule is Cc1cc(C(=O)OCc2csc(-c3ccc(C(C)C)cc3)n2)ccc1[N+](=O)[O-]. The van der Waals surface area contributed by atoms with Gasteiger partial charge >= 0.3 is 5.97 Å². The second kappa shape index (κ2) is 8.31. The Morgan fingerprint density at radius 2 is 1.93 bits per heavy atom. The highest BCUT2D eigenvalue weighted by atomic mass is 32.1. The van der Waals surface area contributed by atoms with Gasteiger partial charge in [-0.25, -0.2) is 9.78 Å². The van der Waals surface area contributed by atoms with Crippen LogP contribution in [0.3, 0.4) is 0 Å². The van der Waals surface area contributed by atoms with Gasteiger partial charge in [0.2, 0.25) is 0 Å². The van der Waals surface area contributed by atoms with Crippen molar-refractivity contribution in [3.05, 3.63) is 80.3 Å². The Balaban J connectivity index is 1.65. The summed E-state index contributed by atoms with van der Waals surface area (Å²) in [7, 11) is 0. The van der Waals surface area contributed by atoms with Gasteiger partial charge in [0.25, 0.3) is 5.69 Å². The van der Waals surface area contributed by atoms with Crippen LogP contribution >= 0.6 is 11.3 Å². The predicted molar refractivity (Wildman–Crippen MR) is 109 cm³/mol. The lowest BCUT2D eigenvalue weighted by atomic mass is 10.0. The minimum atomic E-state index is -0.533. The van der Waals surface area contributed by atoms with Crippen molar-refractivity contribution in [3.8, 4) is 10.6 Å². The zero-order chi connectivity index (χ0) is 20.3. The van der Waals surface area contributed by atoms with Crippen molar-refractivity contribution < 1.29 is 14.5 Å². The van der Waals surface area contributed by atoms with Gasteiger partial charge in [-0.2, -0.15) is 0 Å². The van der Waals surface area contributed by atoms with Gasteiger partial charge in [-0.3, -0.25) is 10.1 Å². The topological polar surface area (TPSA) is 82.3 Å². The summed E-state index contributed by atoms with van der Waals surface area (Å²) >= 11 is 1.49. The van der Waals surface area contributed by atoms with E-state index in [0.717, 1.165) is 10.6 Å². The number of ether oxygens (including phenoxy) is 1. The lowest BCUT2D eigenvalue weighted by molar-refractivity contribution is -0.385. The lowest BCUT2D eigenvalue weighted by Crippen LogP contribution is -2.06. The molecule has 1 aromatic heterocycles. The molecule has 0 bridgehead atoms. The molecule has 0 fully saturated rings. The second-order valence-electron chi connectivity index (χ2n) is 6.76. The number of carbonyl (C=O) groups is 1. The summed E-state index contributed by atoms with van der Waals surface area (Å²) in [6, 6.07) is 12.5. The third-order valence-electron chi connectivity index (χ3n) is 4.36. The Bertz CT molecular complexity index is 1010. The normalized spacial score (nSPS) is 10.9. The van der Waals surface area contributed by atoms with Gasteiger partial charge in [0.05, 0.1) is 16.2 Å². The molecule has 0 radical (unpaired) electrons. The lowest BCUT2D eigenvalue weighted by Gasteiger charge is -2.05. The number of hydrogen-bond donors (Lipinski definition) is 0. The van der Waals surface area contributed by atoms with Crippen molar-refractivity contribution in [2.75, 3.05) is 0 Å². The van der Waals surface area contributed by atoms with Gasteiger partial charge in [-0.05, 0) is 30.5 Å². The van der Waals surface area contributed by atoms with Crippen molar-refractivity contribution in [1.82, 2.24) is 4.98 Å². The largest absolute Gasteiger partial charge is 0.456 e. The molecular weight excluding hydrogens is 376 g/mol. The molecule has 28 heavy (non-hydrogen) atoms. The molecule has 0 aliphatic heterocycles. The van der Waals surface area contributed by atoms with E-state index in [4.69, 9.17) is 4.74 Å². The molecule has 7 heteroatoms. The minimum Gasteiger partial charge on any atom is -0.456 e. The van der Waals surface area contributed by atoms with Crippen LogP contribution in [0.2, 0.25) is 0 Å². The molecule has 0 amide bonds. The maximum Gasteiger partial charge on any atom is 0.338 e. The fraction of sp³-hybridized carbons (Fsp3) is 0.238. The van der Waals surface area contributed by atoms with E-state index in [-0.39, 0.29) is 17.9 Å². The zero-order valence-electron chi connectivity index (χ0n) is 15.8. The van der Waals surface area contributed by atoms with E-state index in [0.29, 0.717) is 17.2 Å². The third kappa shape index (κ3) is 4.43. The summed E-state index contributed by atoms with van der Waals surface area (Å²) in [5, 5.41) is 13.6. The van der Waals surface area contributed by atoms with Gasteiger partial charge in [0.15, 0.2) is 0 Å². The van der Waals surface area contributed by atoms with Gasteiger partial charge < -0.3 is 4.74 Å². The first-order chi connectivity index (χ1) is 13.3. The van der Waals surface area contributed by atoms with Crippen molar-refractivity contribution in [2.45, 2.75) is 33.3 Å². The number of benzene rings is 2. The molecule has 0 unspecified atom stereocenters. The molecule has 0 saturated heterocycles. The molecule has 6 nitrogen and oxygen atoms in total. The molecule has 1 heterocycles. The van der Waals surface area contributed by atoms with Crippen LogP contribution in [0.15, 0.2) is 47.8 Å². The molecule has 3 rings (SSSR count). The van der Waals surface area contributed by atoms with Crippen LogP contribution in [-0.4, -0.2) is 15.9 Å². The van der Waals surface area contributed by atoms with Gasteiger partial charge in [-0.15, -0.1) is 11.3 Å². The molecule has 0 aliphatic carbocycles. The average molecular weight is 396 g/mol. The van der Waals surface area contributed by atoms with E-state index in [2.05, 4.69) is 31.0 Å². The molecular formula is C21H20N2O4S. The number of nitro benzene ring substituents is 1. The van der Waals surface area contributed by atoms with E-state index in [1.807, 2.05) is 17.5 Å². The molecule has 0 spiro atoms. The summed E-state index contributed by atoms with van der Waals surface area (Å²) in [6.07, 6.45) is 0. The molecule has 0 aliphatic rings. The van der Waals surface area contributed by atoms with Gasteiger partial charge in [0, 0.05) is 22.6 Å². The Hall–Kier alpha value is -3.06. The number of nitrogens with zero attached hydrogens (tertiary/aromatic N) is 2. The number of aryl methyl sites for hydroxylation is 1. The standard InChI is InChI=1S/C21H20N2O4S/c1-13(2)15-4-6-16(7-5-15)20-22-18(12-28-20)11-27-21(24)17-8-9-19(23(25)26)14(3)10-17/h4-10,12-13H,11H2,1-3H3. The van der Waals surface area contributed by atoms with Crippen molar-refractivity contribution in [1.29, 1.82) is 0 Å². The Morgan fingerprint density at radius 3 is 2.54 bits per heavy atom. The Kier molecular flexibility index (Phi) is 5.84. The summed E-state index contributed by atoms with van der Waals surface area (Å²) < 4.78 is 5.30. The quantitative estimate of drug-likeness (QED) is 0.312. The van der Waals surface area contributed by atoms with Crippen LogP contribution < -0.4 is 0 Å². The van der Waals surface area contributed by atoms with E-state index < -0.39 is 10.9 Å². The Labute approximate surface area is 167 Å². The van der Waals surface area contributed by atoms with Crippen molar-refractivity contribution in [2.24, 2.45) is 0 Å².